The molecule has 33 heavy (non-hydrogen) atoms. The Morgan fingerprint density at radius 3 is 2.33 bits per heavy atom. The maximum atomic E-state index is 12.4. The van der Waals surface area contributed by atoms with E-state index in [-0.39, 0.29) is 17.9 Å². The predicted molar refractivity (Wildman–Crippen MR) is 116 cm³/mol. The molecule has 0 spiro atoms. The molecule has 0 fully saturated rings. The number of ether oxygens (including phenoxy) is 1. The molecule has 0 unspecified atom stereocenters. The molecule has 2 N–H and O–H groups in total. The quantitative estimate of drug-likeness (QED) is 0.388. The van der Waals surface area contributed by atoms with E-state index in [0.717, 1.165) is 17.5 Å². The maximum absolute atomic E-state index is 12.4. The van der Waals surface area contributed by atoms with Gasteiger partial charge in [0, 0.05) is 22.8 Å². The highest BCUT2D eigenvalue weighted by Crippen LogP contribution is 2.25. The Kier molecular flexibility index (Phi) is 6.03. The van der Waals surface area contributed by atoms with E-state index in [4.69, 9.17) is 4.42 Å². The smallest absolute Gasteiger partial charge is 0.451 e. The molecular weight excluding hydrogens is 437 g/mol. The van der Waals surface area contributed by atoms with E-state index in [9.17, 15) is 22.8 Å². The molecule has 1 aromatic heterocycles. The van der Waals surface area contributed by atoms with Crippen molar-refractivity contribution in [2.24, 2.45) is 0 Å². The van der Waals surface area contributed by atoms with Crippen molar-refractivity contribution in [1.29, 1.82) is 0 Å². The van der Waals surface area contributed by atoms with Gasteiger partial charge < -0.3 is 19.8 Å². The van der Waals surface area contributed by atoms with Gasteiger partial charge in [-0.2, -0.15) is 0 Å². The highest BCUT2D eigenvalue weighted by molar-refractivity contribution is 6.04. The fraction of sp³-hybridized carbons (Fsp3) is 0.0833. The number of rotatable bonds is 6. The summed E-state index contributed by atoms with van der Waals surface area (Å²) in [7, 11) is 0. The van der Waals surface area contributed by atoms with E-state index in [0.29, 0.717) is 16.8 Å². The minimum atomic E-state index is -4.82. The van der Waals surface area contributed by atoms with Gasteiger partial charge in [0.2, 0.25) is 5.91 Å². The number of halogens is 3. The zero-order valence-electron chi connectivity index (χ0n) is 17.0. The van der Waals surface area contributed by atoms with E-state index in [1.54, 1.807) is 36.4 Å². The summed E-state index contributed by atoms with van der Waals surface area (Å²) >= 11 is 0. The Labute approximate surface area is 186 Å². The van der Waals surface area contributed by atoms with Gasteiger partial charge in [0.25, 0.3) is 5.91 Å². The number of benzene rings is 3. The fourth-order valence-corrected chi connectivity index (χ4v) is 3.15. The van der Waals surface area contributed by atoms with Crippen LogP contribution in [0.2, 0.25) is 0 Å². The van der Waals surface area contributed by atoms with E-state index in [1.165, 1.54) is 12.1 Å². The molecule has 0 saturated carbocycles. The molecule has 4 aromatic rings. The van der Waals surface area contributed by atoms with Gasteiger partial charge in [-0.15, -0.1) is 13.2 Å². The highest BCUT2D eigenvalue weighted by Gasteiger charge is 2.31. The molecule has 2 amide bonds. The summed E-state index contributed by atoms with van der Waals surface area (Å²) in [6.45, 7) is 0. The predicted octanol–water partition coefficient (Wildman–Crippen LogP) is 5.76. The second-order valence-corrected chi connectivity index (χ2v) is 7.10. The lowest BCUT2D eigenvalue weighted by molar-refractivity contribution is -0.274. The van der Waals surface area contributed by atoms with Gasteiger partial charge in [-0.3, -0.25) is 9.59 Å². The van der Waals surface area contributed by atoms with E-state index in [2.05, 4.69) is 15.4 Å². The van der Waals surface area contributed by atoms with Crippen LogP contribution in [0.15, 0.2) is 83.3 Å². The van der Waals surface area contributed by atoms with Crippen molar-refractivity contribution in [3.05, 3.63) is 90.2 Å². The van der Waals surface area contributed by atoms with Crippen molar-refractivity contribution in [2.45, 2.75) is 12.8 Å². The minimum absolute atomic E-state index is 0.0118. The maximum Gasteiger partial charge on any atom is 0.573 e. The first-order chi connectivity index (χ1) is 15.7. The van der Waals surface area contributed by atoms with Crippen molar-refractivity contribution < 1.29 is 31.9 Å². The molecule has 0 aliphatic carbocycles. The summed E-state index contributed by atoms with van der Waals surface area (Å²) in [6.07, 6.45) is -4.83. The third kappa shape index (κ3) is 5.91. The molecule has 4 rings (SSSR count). The topological polar surface area (TPSA) is 80.6 Å². The number of alkyl halides is 3. The van der Waals surface area contributed by atoms with Crippen LogP contribution in [0, 0.1) is 0 Å². The van der Waals surface area contributed by atoms with Crippen LogP contribution in [-0.2, 0) is 11.2 Å². The molecule has 9 heteroatoms. The molecule has 3 aromatic carbocycles. The van der Waals surface area contributed by atoms with Crippen molar-refractivity contribution >= 4 is 34.2 Å². The van der Waals surface area contributed by atoms with Gasteiger partial charge in [0.15, 0.2) is 5.76 Å². The van der Waals surface area contributed by atoms with Crippen LogP contribution in [0.25, 0.3) is 11.0 Å². The summed E-state index contributed by atoms with van der Waals surface area (Å²) in [4.78, 5) is 24.7. The third-order valence-electron chi connectivity index (χ3n) is 4.58. The van der Waals surface area contributed by atoms with Crippen molar-refractivity contribution in [3.63, 3.8) is 0 Å². The van der Waals surface area contributed by atoms with Gasteiger partial charge in [0.1, 0.15) is 11.3 Å². The SMILES string of the molecule is O=C(Cc1ccc(NC(=O)c2cc3ccccc3o2)cc1)Nc1cccc(OC(F)(F)F)c1. The third-order valence-corrected chi connectivity index (χ3v) is 4.58. The summed E-state index contributed by atoms with van der Waals surface area (Å²) < 4.78 is 46.4. The van der Waals surface area contributed by atoms with Crippen LogP contribution in [0.1, 0.15) is 16.1 Å². The Bertz CT molecular complexity index is 1260. The molecule has 0 radical (unpaired) electrons. The second kappa shape index (κ2) is 9.07. The lowest BCUT2D eigenvalue weighted by atomic mass is 10.1. The van der Waals surface area contributed by atoms with Crippen LogP contribution >= 0.6 is 0 Å². The first kappa shape index (κ1) is 21.9. The van der Waals surface area contributed by atoms with Gasteiger partial charge in [-0.1, -0.05) is 36.4 Å². The standard InChI is InChI=1S/C24H17F3N2O4/c25-24(26,27)33-19-6-3-5-18(14-19)28-22(30)12-15-8-10-17(11-9-15)29-23(31)21-13-16-4-1-2-7-20(16)32-21/h1-11,13-14H,12H2,(H,28,30)(H,29,31). The Hall–Kier alpha value is -4.27. The monoisotopic (exact) mass is 454 g/mol. The van der Waals surface area contributed by atoms with E-state index >= 15 is 0 Å². The van der Waals surface area contributed by atoms with Gasteiger partial charge in [0.05, 0.1) is 6.42 Å². The van der Waals surface area contributed by atoms with Gasteiger partial charge in [-0.25, -0.2) is 0 Å². The average molecular weight is 454 g/mol. The Balaban J connectivity index is 1.34. The number of anilines is 2. The largest absolute Gasteiger partial charge is 0.573 e. The number of carbonyl (C=O) groups excluding carboxylic acids is 2. The van der Waals surface area contributed by atoms with Crippen molar-refractivity contribution in [1.82, 2.24) is 0 Å². The molecule has 0 aliphatic heterocycles. The molecular formula is C24H17F3N2O4. The zero-order valence-corrected chi connectivity index (χ0v) is 17.0. The van der Waals surface area contributed by atoms with Crippen molar-refractivity contribution in [3.8, 4) is 5.75 Å². The molecule has 0 aliphatic rings. The molecule has 0 atom stereocenters. The fourth-order valence-electron chi connectivity index (χ4n) is 3.15. The summed E-state index contributed by atoms with van der Waals surface area (Å²) in [5, 5.41) is 6.07. The summed E-state index contributed by atoms with van der Waals surface area (Å²) in [6, 6.07) is 20.6. The number of fused-ring (bicyclic) bond motifs is 1. The summed E-state index contributed by atoms with van der Waals surface area (Å²) in [5.41, 5.74) is 1.95. The van der Waals surface area contributed by atoms with E-state index in [1.807, 2.05) is 18.2 Å². The minimum Gasteiger partial charge on any atom is -0.451 e. The van der Waals surface area contributed by atoms with Crippen LogP contribution in [0.4, 0.5) is 24.5 Å². The second-order valence-electron chi connectivity index (χ2n) is 7.10. The first-order valence-electron chi connectivity index (χ1n) is 9.80. The number of hydrogen-bond donors (Lipinski definition) is 2. The Morgan fingerprint density at radius 1 is 0.848 bits per heavy atom. The van der Waals surface area contributed by atoms with E-state index < -0.39 is 23.9 Å². The number of furan rings is 1. The first-order valence-corrected chi connectivity index (χ1v) is 9.80. The van der Waals surface area contributed by atoms with Gasteiger partial charge in [-0.05, 0) is 42.0 Å². The Morgan fingerprint density at radius 2 is 1.61 bits per heavy atom. The van der Waals surface area contributed by atoms with Crippen LogP contribution in [0.5, 0.6) is 5.75 Å². The number of hydrogen-bond acceptors (Lipinski definition) is 4. The molecule has 0 saturated heterocycles. The molecule has 0 bridgehead atoms. The number of carbonyl (C=O) groups is 2. The number of para-hydroxylation sites is 1. The van der Waals surface area contributed by atoms with Crippen LogP contribution in [-0.4, -0.2) is 18.2 Å². The lowest BCUT2D eigenvalue weighted by Gasteiger charge is -2.11. The van der Waals surface area contributed by atoms with Crippen molar-refractivity contribution in [2.75, 3.05) is 10.6 Å². The van der Waals surface area contributed by atoms with Crippen LogP contribution < -0.4 is 15.4 Å². The summed E-state index contributed by atoms with van der Waals surface area (Å²) in [5.74, 6) is -1.07. The molecule has 168 valence electrons. The average Bonchev–Trinajstić information content (AvgIpc) is 3.19. The molecule has 6 nitrogen and oxygen atoms in total. The number of amides is 2. The lowest BCUT2D eigenvalue weighted by Crippen LogP contribution is -2.18. The van der Waals surface area contributed by atoms with Gasteiger partial charge >= 0.3 is 6.36 Å². The molecule has 1 heterocycles. The highest BCUT2D eigenvalue weighted by atomic mass is 19.4. The normalized spacial score (nSPS) is 11.2. The number of nitrogens with one attached hydrogen (secondary N) is 2. The van der Waals surface area contributed by atoms with Crippen LogP contribution in [0.3, 0.4) is 0 Å². The zero-order chi connectivity index (χ0) is 23.4.